The monoisotopic (exact) mass is 310 g/mol. The fourth-order valence-corrected chi connectivity index (χ4v) is 3.81. The maximum Gasteiger partial charge on any atom is 0.228 e. The number of amides is 1. The number of hydrogen-bond acceptors (Lipinski definition) is 5. The van der Waals surface area contributed by atoms with Crippen molar-refractivity contribution in [3.05, 3.63) is 16.1 Å². The molecular formula is C15H26N4OS. The first-order chi connectivity index (χ1) is 10.0. The number of carbonyl (C=O) groups is 1. The van der Waals surface area contributed by atoms with Crippen LogP contribution in [0.3, 0.4) is 0 Å². The Balaban J connectivity index is 1.91. The summed E-state index contributed by atoms with van der Waals surface area (Å²) in [5.74, 6) is 0.715. The summed E-state index contributed by atoms with van der Waals surface area (Å²) in [6.45, 7) is 1.61. The minimum atomic E-state index is 0.100. The molecule has 1 saturated carbocycles. The van der Waals surface area contributed by atoms with Crippen LogP contribution < -0.4 is 5.73 Å². The van der Waals surface area contributed by atoms with E-state index in [-0.39, 0.29) is 5.91 Å². The first-order valence-electron chi connectivity index (χ1n) is 7.55. The zero-order valence-corrected chi connectivity index (χ0v) is 14.0. The van der Waals surface area contributed by atoms with Gasteiger partial charge in [0.1, 0.15) is 5.01 Å². The third-order valence-electron chi connectivity index (χ3n) is 4.30. The van der Waals surface area contributed by atoms with Crippen molar-refractivity contribution in [1.82, 2.24) is 14.8 Å². The number of aromatic nitrogens is 1. The van der Waals surface area contributed by atoms with Gasteiger partial charge in [0.15, 0.2) is 0 Å². The molecule has 5 nitrogen and oxygen atoms in total. The lowest BCUT2D eigenvalue weighted by molar-refractivity contribution is -0.127. The molecule has 2 unspecified atom stereocenters. The van der Waals surface area contributed by atoms with E-state index in [0.717, 1.165) is 23.8 Å². The molecule has 2 rings (SSSR count). The predicted molar refractivity (Wildman–Crippen MR) is 86.2 cm³/mol. The van der Waals surface area contributed by atoms with Crippen molar-refractivity contribution < 1.29 is 4.79 Å². The van der Waals surface area contributed by atoms with Crippen LogP contribution in [0.1, 0.15) is 30.0 Å². The smallest absolute Gasteiger partial charge is 0.228 e. The first-order valence-corrected chi connectivity index (χ1v) is 8.43. The van der Waals surface area contributed by atoms with Crippen LogP contribution in [0.2, 0.25) is 0 Å². The van der Waals surface area contributed by atoms with Crippen molar-refractivity contribution in [1.29, 1.82) is 0 Å². The van der Waals surface area contributed by atoms with Gasteiger partial charge in [0.25, 0.3) is 0 Å². The molecule has 1 aromatic heterocycles. The van der Waals surface area contributed by atoms with Gasteiger partial charge in [-0.25, -0.2) is 4.98 Å². The Hall–Kier alpha value is -0.980. The van der Waals surface area contributed by atoms with Crippen molar-refractivity contribution in [2.75, 3.05) is 27.7 Å². The average Bonchev–Trinajstić information content (AvgIpc) is 3.07. The predicted octanol–water partition coefficient (Wildman–Crippen LogP) is 1.33. The summed E-state index contributed by atoms with van der Waals surface area (Å²) >= 11 is 1.58. The number of nitrogens with two attached hydrogens (primary N) is 1. The number of hydrogen-bond donors (Lipinski definition) is 1. The van der Waals surface area contributed by atoms with E-state index >= 15 is 0 Å². The van der Waals surface area contributed by atoms with E-state index in [1.807, 2.05) is 0 Å². The van der Waals surface area contributed by atoms with Gasteiger partial charge in [-0.05, 0) is 32.4 Å². The Morgan fingerprint density at radius 1 is 1.43 bits per heavy atom. The van der Waals surface area contributed by atoms with E-state index in [2.05, 4.69) is 22.3 Å². The van der Waals surface area contributed by atoms with Crippen molar-refractivity contribution in [3.63, 3.8) is 0 Å². The Bertz CT molecular complexity index is 474. The summed E-state index contributed by atoms with van der Waals surface area (Å²) in [6.07, 6.45) is 4.15. The largest absolute Gasteiger partial charge is 0.348 e. The highest BCUT2D eigenvalue weighted by Gasteiger charge is 2.29. The molecule has 0 saturated heterocycles. The summed E-state index contributed by atoms with van der Waals surface area (Å²) in [4.78, 5) is 20.3. The second-order valence-electron chi connectivity index (χ2n) is 6.11. The molecule has 1 fully saturated rings. The highest BCUT2D eigenvalue weighted by Crippen LogP contribution is 2.29. The number of likely N-dealkylation sites (N-methyl/N-ethyl adjacent to an activating group) is 1. The fraction of sp³-hybridized carbons (Fsp3) is 0.733. The second-order valence-corrected chi connectivity index (χ2v) is 7.05. The highest BCUT2D eigenvalue weighted by atomic mass is 32.1. The summed E-state index contributed by atoms with van der Waals surface area (Å²) in [5.41, 5.74) is 6.92. The third-order valence-corrected chi connectivity index (χ3v) is 5.20. The Morgan fingerprint density at radius 3 is 2.86 bits per heavy atom. The minimum absolute atomic E-state index is 0.100. The van der Waals surface area contributed by atoms with Gasteiger partial charge in [-0.15, -0.1) is 11.3 Å². The van der Waals surface area contributed by atoms with Gasteiger partial charge in [-0.3, -0.25) is 9.69 Å². The van der Waals surface area contributed by atoms with Crippen molar-refractivity contribution in [2.24, 2.45) is 11.7 Å². The lowest BCUT2D eigenvalue weighted by atomic mass is 10.0. The molecule has 1 amide bonds. The van der Waals surface area contributed by atoms with Crippen LogP contribution in [0.4, 0.5) is 0 Å². The van der Waals surface area contributed by atoms with Gasteiger partial charge >= 0.3 is 0 Å². The molecule has 0 spiro atoms. The maximum atomic E-state index is 11.7. The molecule has 0 radical (unpaired) electrons. The van der Waals surface area contributed by atoms with E-state index < -0.39 is 0 Å². The number of nitrogens with zero attached hydrogens (tertiary/aromatic N) is 3. The lowest BCUT2D eigenvalue weighted by Gasteiger charge is -2.28. The van der Waals surface area contributed by atoms with E-state index in [9.17, 15) is 4.79 Å². The van der Waals surface area contributed by atoms with Gasteiger partial charge in [0.05, 0.1) is 12.1 Å². The Morgan fingerprint density at radius 2 is 2.19 bits per heavy atom. The van der Waals surface area contributed by atoms with Crippen LogP contribution in [0.5, 0.6) is 0 Å². The number of carbonyl (C=O) groups excluding carboxylic acids is 1. The number of thiazole rings is 1. The molecule has 0 aliphatic heterocycles. The second kappa shape index (κ2) is 7.33. The summed E-state index contributed by atoms with van der Waals surface area (Å²) in [7, 11) is 5.71. The molecule has 1 heterocycles. The topological polar surface area (TPSA) is 62.5 Å². The van der Waals surface area contributed by atoms with Gasteiger partial charge in [0, 0.05) is 32.1 Å². The minimum Gasteiger partial charge on any atom is -0.348 e. The third kappa shape index (κ3) is 4.25. The maximum absolute atomic E-state index is 11.7. The van der Waals surface area contributed by atoms with Crippen LogP contribution in [0.25, 0.3) is 0 Å². The van der Waals surface area contributed by atoms with Crippen LogP contribution in [0.15, 0.2) is 5.38 Å². The van der Waals surface area contributed by atoms with Crippen LogP contribution >= 0.6 is 11.3 Å². The molecule has 118 valence electrons. The molecule has 21 heavy (non-hydrogen) atoms. The van der Waals surface area contributed by atoms with Crippen LogP contribution in [0, 0.1) is 5.92 Å². The van der Waals surface area contributed by atoms with E-state index in [1.54, 1.807) is 30.3 Å². The first kappa shape index (κ1) is 16.4. The van der Waals surface area contributed by atoms with Crippen molar-refractivity contribution >= 4 is 17.2 Å². The molecule has 0 bridgehead atoms. The zero-order valence-electron chi connectivity index (χ0n) is 13.2. The van der Waals surface area contributed by atoms with E-state index in [0.29, 0.717) is 18.4 Å². The molecule has 0 aromatic carbocycles. The summed E-state index contributed by atoms with van der Waals surface area (Å²) in [6, 6.07) is 0.573. The molecule has 2 N–H and O–H groups in total. The quantitative estimate of drug-likeness (QED) is 0.861. The molecule has 1 aliphatic carbocycles. The Kier molecular flexibility index (Phi) is 5.72. The van der Waals surface area contributed by atoms with Crippen molar-refractivity contribution in [3.8, 4) is 0 Å². The molecular weight excluding hydrogens is 284 g/mol. The summed E-state index contributed by atoms with van der Waals surface area (Å²) in [5, 5.41) is 2.97. The highest BCUT2D eigenvalue weighted by molar-refractivity contribution is 7.09. The van der Waals surface area contributed by atoms with Crippen LogP contribution in [-0.2, 0) is 17.8 Å². The molecule has 1 aliphatic rings. The molecule has 2 atom stereocenters. The SMILES string of the molecule is CN(C)C(=O)Cc1nc(CN(C)C2CCCC2CN)cs1. The van der Waals surface area contributed by atoms with Gasteiger partial charge in [-0.1, -0.05) is 6.42 Å². The lowest BCUT2D eigenvalue weighted by Crippen LogP contribution is -2.37. The van der Waals surface area contributed by atoms with E-state index in [1.165, 1.54) is 19.3 Å². The Labute approximate surface area is 131 Å². The molecule has 1 aromatic rings. The van der Waals surface area contributed by atoms with Crippen molar-refractivity contribution in [2.45, 2.75) is 38.3 Å². The zero-order chi connectivity index (χ0) is 15.4. The van der Waals surface area contributed by atoms with Crippen LogP contribution in [-0.4, -0.2) is 54.4 Å². The summed E-state index contributed by atoms with van der Waals surface area (Å²) < 4.78 is 0. The molecule has 6 heteroatoms. The normalized spacial score (nSPS) is 22.0. The standard InChI is InChI=1S/C15H26N4OS/c1-18(2)15(20)7-14-17-12(10-21-14)9-19(3)13-6-4-5-11(13)8-16/h10-11,13H,4-9,16H2,1-3H3. The average molecular weight is 310 g/mol. The number of rotatable bonds is 6. The van der Waals surface area contributed by atoms with Gasteiger partial charge < -0.3 is 10.6 Å². The fourth-order valence-electron chi connectivity index (χ4n) is 3.04. The van der Waals surface area contributed by atoms with E-state index in [4.69, 9.17) is 5.73 Å². The van der Waals surface area contributed by atoms with Gasteiger partial charge in [0.2, 0.25) is 5.91 Å². The van der Waals surface area contributed by atoms with Gasteiger partial charge in [-0.2, -0.15) is 0 Å².